The highest BCUT2D eigenvalue weighted by Crippen LogP contribution is 2.27. The molecule has 2 aromatic carbocycles. The third-order valence-corrected chi connectivity index (χ3v) is 2.89. The van der Waals surface area contributed by atoms with E-state index in [1.807, 2.05) is 0 Å². The number of halogens is 1. The summed E-state index contributed by atoms with van der Waals surface area (Å²) in [5.74, 6) is 0.536. The van der Waals surface area contributed by atoms with Crippen molar-refractivity contribution in [2.75, 3.05) is 5.73 Å². The number of hydrogen-bond acceptors (Lipinski definition) is 4. The Balaban J connectivity index is 2.22. The van der Waals surface area contributed by atoms with Gasteiger partial charge >= 0.3 is 0 Å². The molecule has 0 aromatic heterocycles. The lowest BCUT2D eigenvalue weighted by Gasteiger charge is -2.08. The number of nitrogens with two attached hydrogens (primary N) is 1. The van der Waals surface area contributed by atoms with Gasteiger partial charge in [-0.25, -0.2) is 0 Å². The van der Waals surface area contributed by atoms with Crippen LogP contribution in [0.1, 0.15) is 5.56 Å². The number of nitro groups is 1. The van der Waals surface area contributed by atoms with E-state index in [1.54, 1.807) is 30.3 Å². The largest absolute Gasteiger partial charge is 0.489 e. The van der Waals surface area contributed by atoms with Gasteiger partial charge in [0.1, 0.15) is 12.4 Å². The summed E-state index contributed by atoms with van der Waals surface area (Å²) in [4.78, 5) is 10.4. The van der Waals surface area contributed by atoms with E-state index in [4.69, 9.17) is 22.1 Å². The van der Waals surface area contributed by atoms with E-state index in [9.17, 15) is 10.1 Å². The Labute approximate surface area is 114 Å². The Hall–Kier alpha value is -2.27. The molecule has 0 heterocycles. The summed E-state index contributed by atoms with van der Waals surface area (Å²) in [7, 11) is 0. The molecule has 5 nitrogen and oxygen atoms in total. The van der Waals surface area contributed by atoms with Crippen molar-refractivity contribution in [3.8, 4) is 5.75 Å². The van der Waals surface area contributed by atoms with Crippen LogP contribution in [0.5, 0.6) is 5.75 Å². The average molecular weight is 279 g/mol. The third-order valence-electron chi connectivity index (χ3n) is 2.53. The molecule has 0 amide bonds. The Morgan fingerprint density at radius 3 is 2.68 bits per heavy atom. The number of nitrogen functional groups attached to an aromatic ring is 1. The van der Waals surface area contributed by atoms with Crippen molar-refractivity contribution >= 4 is 23.0 Å². The lowest BCUT2D eigenvalue weighted by molar-refractivity contribution is -0.385. The number of ether oxygens (including phenoxy) is 1. The van der Waals surface area contributed by atoms with Gasteiger partial charge in [-0.05, 0) is 18.2 Å². The molecule has 0 unspecified atom stereocenters. The van der Waals surface area contributed by atoms with Gasteiger partial charge in [-0.1, -0.05) is 23.7 Å². The maximum Gasteiger partial charge on any atom is 0.277 e. The fourth-order valence-corrected chi connectivity index (χ4v) is 1.85. The predicted molar refractivity (Wildman–Crippen MR) is 73.3 cm³/mol. The van der Waals surface area contributed by atoms with Crippen molar-refractivity contribution in [1.82, 2.24) is 0 Å². The molecule has 0 radical (unpaired) electrons. The predicted octanol–water partition coefficient (Wildman–Crippen LogP) is 3.41. The van der Waals surface area contributed by atoms with E-state index < -0.39 is 4.92 Å². The fraction of sp³-hybridized carbons (Fsp3) is 0.0769. The highest BCUT2D eigenvalue weighted by atomic mass is 35.5. The summed E-state index contributed by atoms with van der Waals surface area (Å²) < 4.78 is 5.48. The van der Waals surface area contributed by atoms with Gasteiger partial charge in [-0.2, -0.15) is 0 Å². The molecule has 98 valence electrons. The van der Waals surface area contributed by atoms with Crippen molar-refractivity contribution in [3.05, 3.63) is 63.2 Å². The van der Waals surface area contributed by atoms with Crippen LogP contribution >= 0.6 is 11.6 Å². The van der Waals surface area contributed by atoms with Crippen molar-refractivity contribution in [1.29, 1.82) is 0 Å². The summed E-state index contributed by atoms with van der Waals surface area (Å²) in [6.07, 6.45) is 0. The molecule has 2 aromatic rings. The van der Waals surface area contributed by atoms with Crippen molar-refractivity contribution in [2.24, 2.45) is 0 Å². The molecule has 0 fully saturated rings. The van der Waals surface area contributed by atoms with Gasteiger partial charge in [0.05, 0.1) is 15.5 Å². The number of hydrogen-bond donors (Lipinski definition) is 1. The van der Waals surface area contributed by atoms with E-state index in [-0.39, 0.29) is 12.3 Å². The van der Waals surface area contributed by atoms with E-state index in [0.717, 1.165) is 0 Å². The van der Waals surface area contributed by atoms with Crippen LogP contribution in [-0.2, 0) is 6.61 Å². The minimum absolute atomic E-state index is 0.0133. The number of rotatable bonds is 4. The summed E-state index contributed by atoms with van der Waals surface area (Å²) in [5, 5.41) is 11.2. The van der Waals surface area contributed by atoms with Gasteiger partial charge in [0.25, 0.3) is 5.69 Å². The van der Waals surface area contributed by atoms with E-state index in [1.165, 1.54) is 12.1 Å². The number of nitro benzene ring substituents is 1. The first-order valence-corrected chi connectivity index (χ1v) is 5.86. The van der Waals surface area contributed by atoms with E-state index in [2.05, 4.69) is 0 Å². The summed E-state index contributed by atoms with van der Waals surface area (Å²) >= 11 is 5.96. The van der Waals surface area contributed by atoms with Gasteiger partial charge in [0.2, 0.25) is 0 Å². The van der Waals surface area contributed by atoms with Crippen LogP contribution in [0, 0.1) is 10.1 Å². The topological polar surface area (TPSA) is 78.4 Å². The number of nitrogens with zero attached hydrogens (tertiary/aromatic N) is 1. The van der Waals surface area contributed by atoms with Crippen LogP contribution in [0.4, 0.5) is 11.4 Å². The normalized spacial score (nSPS) is 10.2. The van der Waals surface area contributed by atoms with E-state index in [0.29, 0.717) is 22.0 Å². The molecule has 0 bridgehead atoms. The van der Waals surface area contributed by atoms with Crippen LogP contribution < -0.4 is 10.5 Å². The molecule has 0 spiro atoms. The molecule has 0 saturated carbocycles. The zero-order chi connectivity index (χ0) is 13.8. The van der Waals surface area contributed by atoms with Crippen LogP contribution in [0.15, 0.2) is 42.5 Å². The minimum Gasteiger partial charge on any atom is -0.489 e. The minimum atomic E-state index is -0.482. The lowest BCUT2D eigenvalue weighted by Crippen LogP contribution is -2.01. The average Bonchev–Trinajstić information content (AvgIpc) is 2.37. The molecule has 0 aliphatic rings. The highest BCUT2D eigenvalue weighted by molar-refractivity contribution is 6.31. The molecule has 0 saturated heterocycles. The van der Waals surface area contributed by atoms with Crippen molar-refractivity contribution in [2.45, 2.75) is 6.61 Å². The molecule has 0 atom stereocenters. The van der Waals surface area contributed by atoms with Gasteiger partial charge in [0.15, 0.2) is 0 Å². The maximum atomic E-state index is 10.9. The molecule has 0 aliphatic carbocycles. The van der Waals surface area contributed by atoms with Crippen LogP contribution in [-0.4, -0.2) is 4.92 Å². The molecule has 6 heteroatoms. The quantitative estimate of drug-likeness (QED) is 0.528. The third kappa shape index (κ3) is 3.14. The second-order valence-electron chi connectivity index (χ2n) is 3.86. The van der Waals surface area contributed by atoms with Crippen molar-refractivity contribution < 1.29 is 9.66 Å². The molecule has 0 aliphatic heterocycles. The second-order valence-corrected chi connectivity index (χ2v) is 4.26. The van der Waals surface area contributed by atoms with E-state index >= 15 is 0 Å². The second kappa shape index (κ2) is 5.58. The monoisotopic (exact) mass is 278 g/mol. The number of anilines is 1. The Morgan fingerprint density at radius 2 is 2.00 bits per heavy atom. The summed E-state index contributed by atoms with van der Waals surface area (Å²) in [6.45, 7) is 0.0133. The smallest absolute Gasteiger partial charge is 0.277 e. The van der Waals surface area contributed by atoms with Gasteiger partial charge in [0, 0.05) is 17.8 Å². The first kappa shape index (κ1) is 13.2. The SMILES string of the molecule is Nc1cccc(OCc2c(Cl)cccc2[N+](=O)[O-])c1. The van der Waals surface area contributed by atoms with Gasteiger partial charge in [-0.3, -0.25) is 10.1 Å². The first-order chi connectivity index (χ1) is 9.08. The molecular formula is C13H11ClN2O3. The highest BCUT2D eigenvalue weighted by Gasteiger charge is 2.16. The zero-order valence-electron chi connectivity index (χ0n) is 9.88. The Kier molecular flexibility index (Phi) is 3.87. The molecule has 2 rings (SSSR count). The summed E-state index contributed by atoms with van der Waals surface area (Å²) in [5.41, 5.74) is 6.47. The zero-order valence-corrected chi connectivity index (χ0v) is 10.6. The van der Waals surface area contributed by atoms with Gasteiger partial charge in [-0.15, -0.1) is 0 Å². The van der Waals surface area contributed by atoms with Crippen LogP contribution in [0.25, 0.3) is 0 Å². The van der Waals surface area contributed by atoms with Gasteiger partial charge < -0.3 is 10.5 Å². The Bertz CT molecular complexity index is 617. The Morgan fingerprint density at radius 1 is 1.26 bits per heavy atom. The standard InChI is InChI=1S/C13H11ClN2O3/c14-12-5-2-6-13(16(17)18)11(12)8-19-10-4-1-3-9(15)7-10/h1-7H,8,15H2. The molecule has 19 heavy (non-hydrogen) atoms. The molecule has 2 N–H and O–H groups in total. The first-order valence-electron chi connectivity index (χ1n) is 5.48. The van der Waals surface area contributed by atoms with Crippen LogP contribution in [0.2, 0.25) is 5.02 Å². The lowest BCUT2D eigenvalue weighted by atomic mass is 10.2. The fourth-order valence-electron chi connectivity index (χ4n) is 1.62. The van der Waals surface area contributed by atoms with Crippen LogP contribution in [0.3, 0.4) is 0 Å². The number of benzene rings is 2. The van der Waals surface area contributed by atoms with Crippen molar-refractivity contribution in [3.63, 3.8) is 0 Å². The maximum absolute atomic E-state index is 10.9. The molecular weight excluding hydrogens is 268 g/mol. The summed E-state index contributed by atoms with van der Waals surface area (Å²) in [6, 6.07) is 11.3.